The maximum atomic E-state index is 12.7. The standard InChI is InChI=1S/C23H22F3N2/c24-23(25,26)19-9-7-17(8-10-19)5-6-18-12-15-28(16-13-18)22-11-14-27-21-4-2-1-3-20(21)22/h1-4,7-11,18H,5-6,12-13,15-16H2. The number of para-hydroxylation sites is 1. The van der Waals surface area contributed by atoms with Crippen LogP contribution in [0.5, 0.6) is 0 Å². The van der Waals surface area contributed by atoms with Gasteiger partial charge in [-0.15, -0.1) is 0 Å². The molecule has 1 aliphatic heterocycles. The molecule has 0 N–H and O–H groups in total. The Balaban J connectivity index is 1.33. The molecule has 145 valence electrons. The number of pyridine rings is 1. The summed E-state index contributed by atoms with van der Waals surface area (Å²) < 4.78 is 38.0. The smallest absolute Gasteiger partial charge is 0.371 e. The summed E-state index contributed by atoms with van der Waals surface area (Å²) in [5.41, 5.74) is 2.55. The van der Waals surface area contributed by atoms with Crippen LogP contribution in [-0.4, -0.2) is 18.1 Å². The van der Waals surface area contributed by atoms with Crippen molar-refractivity contribution in [3.8, 4) is 0 Å². The summed E-state index contributed by atoms with van der Waals surface area (Å²) in [6, 6.07) is 15.7. The first-order chi connectivity index (χ1) is 13.5. The molecule has 1 radical (unpaired) electrons. The van der Waals surface area contributed by atoms with E-state index in [0.29, 0.717) is 5.92 Å². The van der Waals surface area contributed by atoms with Gasteiger partial charge in [-0.2, -0.15) is 13.2 Å². The van der Waals surface area contributed by atoms with Gasteiger partial charge in [-0.3, -0.25) is 0 Å². The van der Waals surface area contributed by atoms with E-state index in [4.69, 9.17) is 0 Å². The topological polar surface area (TPSA) is 16.1 Å². The van der Waals surface area contributed by atoms with E-state index in [-0.39, 0.29) is 0 Å². The molecule has 0 amide bonds. The van der Waals surface area contributed by atoms with Crippen LogP contribution in [0.2, 0.25) is 0 Å². The fourth-order valence-electron chi connectivity index (χ4n) is 3.98. The summed E-state index contributed by atoms with van der Waals surface area (Å²) in [6.07, 6.45) is 2.77. The second-order valence-electron chi connectivity index (χ2n) is 7.45. The van der Waals surface area contributed by atoms with Crippen molar-refractivity contribution < 1.29 is 13.2 Å². The number of aromatic nitrogens is 1. The van der Waals surface area contributed by atoms with Crippen molar-refractivity contribution in [2.24, 2.45) is 5.92 Å². The molecular formula is C23H22F3N2. The lowest BCUT2D eigenvalue weighted by Crippen LogP contribution is -2.34. The minimum atomic E-state index is -4.26. The SMILES string of the molecule is FC(F)(F)c1ccc(CCC2CCN(c3c[c]nc4ccccc34)CC2)cc1. The Hall–Kier alpha value is -2.56. The Morgan fingerprint density at radius 2 is 1.71 bits per heavy atom. The molecule has 3 aromatic rings. The predicted octanol–water partition coefficient (Wildman–Crippen LogP) is 5.90. The predicted molar refractivity (Wildman–Crippen MR) is 105 cm³/mol. The maximum absolute atomic E-state index is 12.7. The van der Waals surface area contributed by atoms with Crippen molar-refractivity contribution in [1.29, 1.82) is 0 Å². The molecule has 0 spiro atoms. The molecule has 0 saturated carbocycles. The molecule has 2 aromatic carbocycles. The van der Waals surface area contributed by atoms with Crippen LogP contribution in [0.25, 0.3) is 10.9 Å². The Labute approximate surface area is 163 Å². The molecule has 1 aromatic heterocycles. The molecule has 1 saturated heterocycles. The summed E-state index contributed by atoms with van der Waals surface area (Å²) in [4.78, 5) is 6.71. The average molecular weight is 383 g/mol. The molecule has 5 heteroatoms. The highest BCUT2D eigenvalue weighted by atomic mass is 19.4. The van der Waals surface area contributed by atoms with Crippen molar-refractivity contribution in [2.45, 2.75) is 31.9 Å². The van der Waals surface area contributed by atoms with E-state index in [2.05, 4.69) is 22.1 Å². The van der Waals surface area contributed by atoms with Gasteiger partial charge in [-0.05, 0) is 61.4 Å². The van der Waals surface area contributed by atoms with Gasteiger partial charge in [0.1, 0.15) is 0 Å². The zero-order chi connectivity index (χ0) is 19.6. The molecule has 28 heavy (non-hydrogen) atoms. The van der Waals surface area contributed by atoms with E-state index >= 15 is 0 Å². The lowest BCUT2D eigenvalue weighted by molar-refractivity contribution is -0.137. The van der Waals surface area contributed by atoms with Gasteiger partial charge in [0.05, 0.1) is 17.3 Å². The van der Waals surface area contributed by atoms with Crippen molar-refractivity contribution in [3.63, 3.8) is 0 Å². The molecule has 1 fully saturated rings. The molecular weight excluding hydrogens is 361 g/mol. The van der Waals surface area contributed by atoms with E-state index in [9.17, 15) is 13.2 Å². The molecule has 0 aliphatic carbocycles. The lowest BCUT2D eigenvalue weighted by Gasteiger charge is -2.34. The second-order valence-corrected chi connectivity index (χ2v) is 7.45. The Kier molecular flexibility index (Phi) is 5.25. The van der Waals surface area contributed by atoms with E-state index in [0.717, 1.165) is 55.2 Å². The molecule has 0 atom stereocenters. The molecule has 2 heterocycles. The second kappa shape index (κ2) is 7.82. The van der Waals surface area contributed by atoms with Gasteiger partial charge in [0.15, 0.2) is 0 Å². The number of hydrogen-bond acceptors (Lipinski definition) is 2. The van der Waals surface area contributed by atoms with E-state index in [1.165, 1.54) is 17.8 Å². The van der Waals surface area contributed by atoms with Gasteiger partial charge in [0.25, 0.3) is 0 Å². The number of fused-ring (bicyclic) bond motifs is 1. The minimum Gasteiger partial charge on any atom is -0.371 e. The average Bonchev–Trinajstić information content (AvgIpc) is 2.72. The molecule has 0 bridgehead atoms. The van der Waals surface area contributed by atoms with Gasteiger partial charge in [-0.1, -0.05) is 30.3 Å². The Morgan fingerprint density at radius 1 is 1.00 bits per heavy atom. The largest absolute Gasteiger partial charge is 0.416 e. The number of rotatable bonds is 4. The summed E-state index contributed by atoms with van der Waals surface area (Å²) in [5.74, 6) is 0.607. The number of anilines is 1. The van der Waals surface area contributed by atoms with E-state index in [1.54, 1.807) is 12.1 Å². The minimum absolute atomic E-state index is 0.578. The monoisotopic (exact) mass is 383 g/mol. The van der Waals surface area contributed by atoms with E-state index in [1.807, 2.05) is 24.3 Å². The van der Waals surface area contributed by atoms with Crippen LogP contribution in [0.3, 0.4) is 0 Å². The highest BCUT2D eigenvalue weighted by molar-refractivity contribution is 5.91. The zero-order valence-electron chi connectivity index (χ0n) is 15.5. The third kappa shape index (κ3) is 4.13. The summed E-state index contributed by atoms with van der Waals surface area (Å²) in [5, 5.41) is 1.16. The molecule has 2 nitrogen and oxygen atoms in total. The molecule has 4 rings (SSSR count). The van der Waals surface area contributed by atoms with Gasteiger partial charge in [0, 0.05) is 24.2 Å². The summed E-state index contributed by atoms with van der Waals surface area (Å²) >= 11 is 0. The Bertz CT molecular complexity index is 921. The highest BCUT2D eigenvalue weighted by Gasteiger charge is 2.30. The number of halogens is 3. The number of hydrogen-bond donors (Lipinski definition) is 0. The van der Waals surface area contributed by atoms with Crippen molar-refractivity contribution >= 4 is 16.6 Å². The van der Waals surface area contributed by atoms with Crippen molar-refractivity contribution in [2.75, 3.05) is 18.0 Å². The van der Waals surface area contributed by atoms with Crippen molar-refractivity contribution in [1.82, 2.24) is 4.98 Å². The van der Waals surface area contributed by atoms with E-state index < -0.39 is 11.7 Å². The van der Waals surface area contributed by atoms with Gasteiger partial charge < -0.3 is 4.90 Å². The first-order valence-corrected chi connectivity index (χ1v) is 9.67. The quantitative estimate of drug-likeness (QED) is 0.557. The number of benzene rings is 2. The summed E-state index contributed by atoms with van der Waals surface area (Å²) in [6.45, 7) is 1.97. The fraction of sp³-hybridized carbons (Fsp3) is 0.348. The van der Waals surface area contributed by atoms with Gasteiger partial charge >= 0.3 is 6.18 Å². The number of piperidine rings is 1. The highest BCUT2D eigenvalue weighted by Crippen LogP contribution is 2.31. The Morgan fingerprint density at radius 3 is 2.43 bits per heavy atom. The van der Waals surface area contributed by atoms with Crippen LogP contribution in [-0.2, 0) is 12.6 Å². The van der Waals surface area contributed by atoms with Crippen LogP contribution in [0.1, 0.15) is 30.4 Å². The van der Waals surface area contributed by atoms with Crippen LogP contribution in [0.15, 0.2) is 54.6 Å². The lowest BCUT2D eigenvalue weighted by atomic mass is 9.90. The number of alkyl halides is 3. The van der Waals surface area contributed by atoms with Gasteiger partial charge in [-0.25, -0.2) is 4.98 Å². The van der Waals surface area contributed by atoms with Crippen LogP contribution in [0.4, 0.5) is 18.9 Å². The third-order valence-electron chi connectivity index (χ3n) is 5.64. The zero-order valence-corrected chi connectivity index (χ0v) is 15.5. The fourth-order valence-corrected chi connectivity index (χ4v) is 3.98. The normalized spacial score (nSPS) is 15.9. The van der Waals surface area contributed by atoms with Crippen molar-refractivity contribution in [3.05, 3.63) is 71.9 Å². The number of aryl methyl sites for hydroxylation is 1. The molecule has 0 unspecified atom stereocenters. The molecule has 1 aliphatic rings. The third-order valence-corrected chi connectivity index (χ3v) is 5.64. The van der Waals surface area contributed by atoms with Crippen LogP contribution < -0.4 is 4.90 Å². The van der Waals surface area contributed by atoms with Crippen LogP contribution in [0, 0.1) is 12.1 Å². The first-order valence-electron chi connectivity index (χ1n) is 9.67. The summed E-state index contributed by atoms with van der Waals surface area (Å²) in [7, 11) is 0. The van der Waals surface area contributed by atoms with Crippen LogP contribution >= 0.6 is 0 Å². The first kappa shape index (κ1) is 18.8. The number of nitrogens with zero attached hydrogens (tertiary/aromatic N) is 2. The maximum Gasteiger partial charge on any atom is 0.416 e. The van der Waals surface area contributed by atoms with Gasteiger partial charge in [0.2, 0.25) is 0 Å².